The van der Waals surface area contributed by atoms with E-state index in [-0.39, 0.29) is 6.09 Å². The summed E-state index contributed by atoms with van der Waals surface area (Å²) in [7, 11) is 0. The summed E-state index contributed by atoms with van der Waals surface area (Å²) in [6.45, 7) is 8.00. The van der Waals surface area contributed by atoms with Crippen LogP contribution in [0.3, 0.4) is 0 Å². The lowest BCUT2D eigenvalue weighted by Crippen LogP contribution is -2.50. The lowest BCUT2D eigenvalue weighted by atomic mass is 9.96. The van der Waals surface area contributed by atoms with Gasteiger partial charge in [-0.25, -0.2) is 4.79 Å². The third-order valence-corrected chi connectivity index (χ3v) is 4.51. The van der Waals surface area contributed by atoms with Crippen molar-refractivity contribution in [3.05, 3.63) is 0 Å². The van der Waals surface area contributed by atoms with Crippen molar-refractivity contribution in [2.75, 3.05) is 19.8 Å². The molecule has 1 saturated heterocycles. The van der Waals surface area contributed by atoms with Crippen molar-refractivity contribution in [3.8, 4) is 0 Å². The number of amides is 1. The van der Waals surface area contributed by atoms with Crippen molar-refractivity contribution >= 4 is 6.09 Å². The summed E-state index contributed by atoms with van der Waals surface area (Å²) in [5, 5.41) is 6.72. The molecular weight excluding hydrogens is 280 g/mol. The van der Waals surface area contributed by atoms with Crippen LogP contribution in [0.15, 0.2) is 0 Å². The molecule has 0 aromatic rings. The summed E-state index contributed by atoms with van der Waals surface area (Å²) >= 11 is 0. The lowest BCUT2D eigenvalue weighted by molar-refractivity contribution is 0.0504. The first-order valence-electron chi connectivity index (χ1n) is 8.75. The number of alkyl carbamates (subject to hydrolysis) is 1. The third kappa shape index (κ3) is 6.13. The van der Waals surface area contributed by atoms with E-state index >= 15 is 0 Å². The van der Waals surface area contributed by atoms with Gasteiger partial charge in [0.15, 0.2) is 0 Å². The summed E-state index contributed by atoms with van der Waals surface area (Å²) < 4.78 is 10.8. The smallest absolute Gasteiger partial charge is 0.407 e. The molecule has 0 bridgehead atoms. The van der Waals surface area contributed by atoms with Crippen molar-refractivity contribution in [3.63, 3.8) is 0 Å². The normalized spacial score (nSPS) is 22.5. The van der Waals surface area contributed by atoms with E-state index in [4.69, 9.17) is 9.47 Å². The van der Waals surface area contributed by atoms with Crippen molar-refractivity contribution in [2.45, 2.75) is 77.0 Å². The second-order valence-electron chi connectivity index (χ2n) is 7.59. The molecular formula is C17H32N2O3. The van der Waals surface area contributed by atoms with Gasteiger partial charge in [-0.15, -0.1) is 0 Å². The summed E-state index contributed by atoms with van der Waals surface area (Å²) in [6, 6.07) is 0.859. The van der Waals surface area contributed by atoms with Gasteiger partial charge >= 0.3 is 6.09 Å². The van der Waals surface area contributed by atoms with Crippen LogP contribution in [-0.2, 0) is 9.47 Å². The minimum Gasteiger partial charge on any atom is -0.444 e. The fraction of sp³-hybridized carbons (Fsp3) is 0.941. The van der Waals surface area contributed by atoms with Crippen molar-refractivity contribution in [1.82, 2.24) is 10.6 Å². The molecule has 0 aromatic heterocycles. The summed E-state index contributed by atoms with van der Waals surface area (Å²) in [6.07, 6.45) is 6.95. The van der Waals surface area contributed by atoms with Gasteiger partial charge in [0.25, 0.3) is 0 Å². The van der Waals surface area contributed by atoms with Crippen LogP contribution in [0.4, 0.5) is 4.79 Å². The second-order valence-corrected chi connectivity index (χ2v) is 7.59. The van der Waals surface area contributed by atoms with Gasteiger partial charge in [0.1, 0.15) is 5.60 Å². The van der Waals surface area contributed by atoms with Crippen LogP contribution in [0.25, 0.3) is 0 Å². The number of rotatable bonds is 5. The molecule has 5 heteroatoms. The van der Waals surface area contributed by atoms with E-state index in [0.29, 0.717) is 24.5 Å². The Morgan fingerprint density at radius 3 is 2.41 bits per heavy atom. The highest BCUT2D eigenvalue weighted by molar-refractivity contribution is 5.67. The average Bonchev–Trinajstić information content (AvgIpc) is 2.96. The zero-order valence-electron chi connectivity index (χ0n) is 14.3. The highest BCUT2D eigenvalue weighted by atomic mass is 16.6. The Balaban J connectivity index is 1.82. The van der Waals surface area contributed by atoms with Crippen molar-refractivity contribution < 1.29 is 14.3 Å². The van der Waals surface area contributed by atoms with Crippen LogP contribution in [0.2, 0.25) is 0 Å². The number of nitrogens with one attached hydrogen (secondary N) is 2. The number of ether oxygens (including phenoxy) is 2. The molecule has 5 nitrogen and oxygen atoms in total. The van der Waals surface area contributed by atoms with Crippen molar-refractivity contribution in [2.24, 2.45) is 5.92 Å². The minimum absolute atomic E-state index is 0.315. The maximum atomic E-state index is 11.9. The van der Waals surface area contributed by atoms with E-state index in [1.807, 2.05) is 20.8 Å². The number of carbonyl (C=O) groups is 1. The van der Waals surface area contributed by atoms with Gasteiger partial charge in [0.05, 0.1) is 0 Å². The Morgan fingerprint density at radius 2 is 1.82 bits per heavy atom. The maximum Gasteiger partial charge on any atom is 0.407 e. The molecule has 2 aliphatic rings. The van der Waals surface area contributed by atoms with Gasteiger partial charge in [0.2, 0.25) is 0 Å². The first kappa shape index (κ1) is 17.5. The SMILES string of the molecule is CC(C)(C)OC(=O)NC[C@@H](NC1CCOCC1)C1CCCC1. The Morgan fingerprint density at radius 1 is 1.18 bits per heavy atom. The summed E-state index contributed by atoms with van der Waals surface area (Å²) in [5.74, 6) is 0.665. The Bertz CT molecular complexity index is 342. The zero-order chi connectivity index (χ0) is 16.0. The molecule has 2 fully saturated rings. The quantitative estimate of drug-likeness (QED) is 0.819. The molecule has 1 heterocycles. The molecule has 22 heavy (non-hydrogen) atoms. The zero-order valence-corrected chi connectivity index (χ0v) is 14.3. The highest BCUT2D eigenvalue weighted by Gasteiger charge is 2.28. The highest BCUT2D eigenvalue weighted by Crippen LogP contribution is 2.28. The molecule has 1 aliphatic carbocycles. The number of hydrogen-bond acceptors (Lipinski definition) is 4. The van der Waals surface area contributed by atoms with Crippen LogP contribution in [0.1, 0.15) is 59.3 Å². The standard InChI is InChI=1S/C17H32N2O3/c1-17(2,3)22-16(20)18-12-15(13-6-4-5-7-13)19-14-8-10-21-11-9-14/h13-15,19H,4-12H2,1-3H3,(H,18,20)/t15-/m1/s1. The molecule has 0 spiro atoms. The number of carbonyl (C=O) groups excluding carboxylic acids is 1. The van der Waals surface area contributed by atoms with Gasteiger partial charge in [-0.3, -0.25) is 0 Å². The van der Waals surface area contributed by atoms with E-state index in [1.54, 1.807) is 0 Å². The van der Waals surface area contributed by atoms with Gasteiger partial charge in [-0.1, -0.05) is 12.8 Å². The predicted octanol–water partition coefficient (Wildman–Crippen LogP) is 2.84. The molecule has 0 unspecified atom stereocenters. The fourth-order valence-electron chi connectivity index (χ4n) is 3.40. The largest absolute Gasteiger partial charge is 0.444 e. The van der Waals surface area contributed by atoms with E-state index < -0.39 is 5.60 Å². The first-order chi connectivity index (χ1) is 10.4. The van der Waals surface area contributed by atoms with Crippen LogP contribution in [-0.4, -0.2) is 43.5 Å². The van der Waals surface area contributed by atoms with E-state index in [0.717, 1.165) is 26.1 Å². The topological polar surface area (TPSA) is 59.6 Å². The molecule has 1 amide bonds. The molecule has 1 saturated carbocycles. The van der Waals surface area contributed by atoms with Gasteiger partial charge in [-0.05, 0) is 52.4 Å². The molecule has 1 atom stereocenters. The average molecular weight is 312 g/mol. The molecule has 128 valence electrons. The molecule has 0 radical (unpaired) electrons. The maximum absolute atomic E-state index is 11.9. The Labute approximate surface area is 134 Å². The van der Waals surface area contributed by atoms with Crippen LogP contribution in [0.5, 0.6) is 0 Å². The lowest BCUT2D eigenvalue weighted by Gasteiger charge is -2.32. The predicted molar refractivity (Wildman–Crippen MR) is 87.0 cm³/mol. The fourth-order valence-corrected chi connectivity index (χ4v) is 3.40. The molecule has 2 N–H and O–H groups in total. The Hall–Kier alpha value is -0.810. The molecule has 1 aliphatic heterocycles. The van der Waals surface area contributed by atoms with E-state index in [2.05, 4.69) is 10.6 Å². The Kier molecular flexibility index (Phi) is 6.50. The van der Waals surface area contributed by atoms with Crippen LogP contribution < -0.4 is 10.6 Å². The molecule has 2 rings (SSSR count). The van der Waals surface area contributed by atoms with E-state index in [9.17, 15) is 4.79 Å². The monoisotopic (exact) mass is 312 g/mol. The second kappa shape index (κ2) is 8.16. The first-order valence-corrected chi connectivity index (χ1v) is 8.75. The minimum atomic E-state index is -0.443. The molecule has 0 aromatic carbocycles. The summed E-state index contributed by atoms with van der Waals surface area (Å²) in [5.41, 5.74) is -0.443. The number of hydrogen-bond donors (Lipinski definition) is 2. The van der Waals surface area contributed by atoms with Gasteiger partial charge < -0.3 is 20.1 Å². The van der Waals surface area contributed by atoms with Gasteiger partial charge in [-0.2, -0.15) is 0 Å². The van der Waals surface area contributed by atoms with Crippen LogP contribution in [0, 0.1) is 5.92 Å². The van der Waals surface area contributed by atoms with Gasteiger partial charge in [0, 0.05) is 31.8 Å². The van der Waals surface area contributed by atoms with Crippen LogP contribution >= 0.6 is 0 Å². The summed E-state index contributed by atoms with van der Waals surface area (Å²) in [4.78, 5) is 11.9. The van der Waals surface area contributed by atoms with E-state index in [1.165, 1.54) is 25.7 Å². The third-order valence-electron chi connectivity index (χ3n) is 4.51. The van der Waals surface area contributed by atoms with Crippen molar-refractivity contribution in [1.29, 1.82) is 0 Å².